The molecule has 0 saturated heterocycles. The summed E-state index contributed by atoms with van der Waals surface area (Å²) in [5.41, 5.74) is 2.17. The number of hydrogen-bond donors (Lipinski definition) is 1. The van der Waals surface area contributed by atoms with Gasteiger partial charge in [0, 0.05) is 18.2 Å². The molecule has 0 unspecified atom stereocenters. The number of oxime groups is 1. The number of unbranched alkanes of at least 4 members (excludes halogenated alkanes) is 2. The second-order valence-electron chi connectivity index (χ2n) is 4.95. The highest BCUT2D eigenvalue weighted by Gasteiger charge is 2.09. The van der Waals surface area contributed by atoms with Gasteiger partial charge in [0.15, 0.2) is 0 Å². The van der Waals surface area contributed by atoms with Crippen LogP contribution in [0.15, 0.2) is 53.8 Å². The lowest BCUT2D eigenvalue weighted by molar-refractivity contribution is -0.137. The number of aromatic nitrogens is 2. The van der Waals surface area contributed by atoms with Crippen molar-refractivity contribution in [3.05, 3.63) is 59.9 Å². The molecule has 2 rings (SSSR count). The van der Waals surface area contributed by atoms with Crippen LogP contribution in [0.4, 0.5) is 0 Å². The summed E-state index contributed by atoms with van der Waals surface area (Å²) < 4.78 is 0. The molecule has 0 radical (unpaired) electrons. The summed E-state index contributed by atoms with van der Waals surface area (Å²) in [6.07, 6.45) is 4.01. The highest BCUT2D eigenvalue weighted by atomic mass is 16.6. The second kappa shape index (κ2) is 9.30. The maximum absolute atomic E-state index is 10.4. The Morgan fingerprint density at radius 2 is 1.91 bits per heavy atom. The van der Waals surface area contributed by atoms with Crippen LogP contribution in [0.2, 0.25) is 0 Å². The van der Waals surface area contributed by atoms with E-state index >= 15 is 0 Å². The van der Waals surface area contributed by atoms with Gasteiger partial charge in [-0.2, -0.15) is 5.10 Å². The minimum absolute atomic E-state index is 0.193. The predicted molar refractivity (Wildman–Crippen MR) is 86.2 cm³/mol. The first kappa shape index (κ1) is 16.6. The summed E-state index contributed by atoms with van der Waals surface area (Å²) in [7, 11) is 0. The summed E-state index contributed by atoms with van der Waals surface area (Å²) in [6.45, 7) is 0.441. The summed E-state index contributed by atoms with van der Waals surface area (Å²) >= 11 is 0. The molecule has 23 heavy (non-hydrogen) atoms. The van der Waals surface area contributed by atoms with Gasteiger partial charge in [-0.25, -0.2) is 0 Å². The Morgan fingerprint density at radius 3 is 2.61 bits per heavy atom. The van der Waals surface area contributed by atoms with Crippen LogP contribution in [-0.4, -0.2) is 33.6 Å². The molecule has 2 aromatic rings. The third-order valence-electron chi connectivity index (χ3n) is 3.14. The molecule has 0 aliphatic carbocycles. The Kier molecular flexibility index (Phi) is 6.71. The lowest BCUT2D eigenvalue weighted by Crippen LogP contribution is -2.08. The van der Waals surface area contributed by atoms with E-state index in [4.69, 9.17) is 9.94 Å². The normalized spacial score (nSPS) is 11.2. The number of aliphatic carboxylic acids is 1. The van der Waals surface area contributed by atoms with Crippen LogP contribution in [0, 0.1) is 0 Å². The largest absolute Gasteiger partial charge is 0.481 e. The highest BCUT2D eigenvalue weighted by molar-refractivity contribution is 6.11. The molecule has 1 heterocycles. The van der Waals surface area contributed by atoms with Crippen molar-refractivity contribution < 1.29 is 14.7 Å². The van der Waals surface area contributed by atoms with Crippen molar-refractivity contribution in [2.75, 3.05) is 6.61 Å². The van der Waals surface area contributed by atoms with E-state index in [2.05, 4.69) is 15.4 Å². The van der Waals surface area contributed by atoms with Crippen molar-refractivity contribution in [2.24, 2.45) is 5.16 Å². The maximum Gasteiger partial charge on any atom is 0.303 e. The number of carboxylic acids is 1. The third-order valence-corrected chi connectivity index (χ3v) is 3.14. The van der Waals surface area contributed by atoms with E-state index < -0.39 is 5.97 Å². The number of carbonyl (C=O) groups is 1. The van der Waals surface area contributed by atoms with E-state index in [-0.39, 0.29) is 6.42 Å². The summed E-state index contributed by atoms with van der Waals surface area (Å²) in [5, 5.41) is 20.7. The van der Waals surface area contributed by atoms with Crippen LogP contribution in [0.1, 0.15) is 36.9 Å². The van der Waals surface area contributed by atoms with E-state index in [0.29, 0.717) is 24.4 Å². The summed E-state index contributed by atoms with van der Waals surface area (Å²) in [5.74, 6) is -0.766. The minimum Gasteiger partial charge on any atom is -0.481 e. The molecule has 1 aromatic heterocycles. The standard InChI is InChI=1S/C17H19N3O3/c21-16(22)11-5-2-6-13-23-20-17(14-8-3-1-4-9-14)15-10-7-12-18-19-15/h1,3-4,7-10,12H,2,5-6,11,13H2,(H,21,22)/b20-17+. The zero-order chi connectivity index (χ0) is 16.3. The first-order chi connectivity index (χ1) is 11.3. The highest BCUT2D eigenvalue weighted by Crippen LogP contribution is 2.09. The van der Waals surface area contributed by atoms with Gasteiger partial charge in [-0.05, 0) is 31.4 Å². The molecule has 0 fully saturated rings. The van der Waals surface area contributed by atoms with Gasteiger partial charge >= 0.3 is 5.97 Å². The van der Waals surface area contributed by atoms with Gasteiger partial charge in [0.1, 0.15) is 18.0 Å². The van der Waals surface area contributed by atoms with Crippen LogP contribution in [0.5, 0.6) is 0 Å². The van der Waals surface area contributed by atoms with Gasteiger partial charge < -0.3 is 9.94 Å². The fourth-order valence-corrected chi connectivity index (χ4v) is 2.00. The molecule has 0 atom stereocenters. The number of nitrogens with zero attached hydrogens (tertiary/aromatic N) is 3. The van der Waals surface area contributed by atoms with Crippen molar-refractivity contribution in [3.63, 3.8) is 0 Å². The first-order valence-electron chi connectivity index (χ1n) is 7.52. The molecule has 1 aromatic carbocycles. The molecule has 6 nitrogen and oxygen atoms in total. The van der Waals surface area contributed by atoms with Gasteiger partial charge in [-0.15, -0.1) is 5.10 Å². The number of carboxylic acid groups (broad SMARTS) is 1. The van der Waals surface area contributed by atoms with Gasteiger partial charge in [-0.1, -0.05) is 35.5 Å². The molecule has 0 aliphatic heterocycles. The molecule has 0 spiro atoms. The number of rotatable bonds is 9. The van der Waals surface area contributed by atoms with E-state index in [1.807, 2.05) is 36.4 Å². The SMILES string of the molecule is O=C(O)CCCCCO/N=C(\c1ccccc1)c1cccnn1. The Labute approximate surface area is 134 Å². The van der Waals surface area contributed by atoms with Crippen LogP contribution >= 0.6 is 0 Å². The zero-order valence-corrected chi connectivity index (χ0v) is 12.8. The fraction of sp³-hybridized carbons (Fsp3) is 0.294. The Balaban J connectivity index is 1.94. The zero-order valence-electron chi connectivity index (χ0n) is 12.8. The Morgan fingerprint density at radius 1 is 1.09 bits per heavy atom. The minimum atomic E-state index is -0.766. The molecule has 120 valence electrons. The molecule has 0 aliphatic rings. The average Bonchev–Trinajstić information content (AvgIpc) is 2.59. The topological polar surface area (TPSA) is 84.7 Å². The predicted octanol–water partition coefficient (Wildman–Crippen LogP) is 2.89. The molecular formula is C17H19N3O3. The van der Waals surface area contributed by atoms with Gasteiger partial charge in [-0.3, -0.25) is 4.79 Å². The second-order valence-corrected chi connectivity index (χ2v) is 4.95. The van der Waals surface area contributed by atoms with E-state index in [0.717, 1.165) is 18.4 Å². The molecule has 1 N–H and O–H groups in total. The summed E-state index contributed by atoms with van der Waals surface area (Å²) in [6, 6.07) is 13.3. The van der Waals surface area contributed by atoms with E-state index in [1.165, 1.54) is 0 Å². The monoisotopic (exact) mass is 313 g/mol. The van der Waals surface area contributed by atoms with Gasteiger partial charge in [0.25, 0.3) is 0 Å². The van der Waals surface area contributed by atoms with Crippen molar-refractivity contribution >= 4 is 11.7 Å². The van der Waals surface area contributed by atoms with Crippen LogP contribution in [-0.2, 0) is 9.63 Å². The quantitative estimate of drug-likeness (QED) is 0.437. The van der Waals surface area contributed by atoms with Crippen molar-refractivity contribution in [3.8, 4) is 0 Å². The van der Waals surface area contributed by atoms with Gasteiger partial charge in [0.2, 0.25) is 0 Å². The third kappa shape index (κ3) is 5.86. The Bertz CT molecular complexity index is 589. The number of benzene rings is 1. The van der Waals surface area contributed by atoms with Gasteiger partial charge in [0.05, 0.1) is 0 Å². The molecule has 0 amide bonds. The average molecular weight is 313 g/mol. The van der Waals surface area contributed by atoms with E-state index in [1.54, 1.807) is 12.3 Å². The maximum atomic E-state index is 10.4. The van der Waals surface area contributed by atoms with Crippen LogP contribution in [0.25, 0.3) is 0 Å². The van der Waals surface area contributed by atoms with E-state index in [9.17, 15) is 4.79 Å². The Hall–Kier alpha value is -2.76. The molecule has 0 saturated carbocycles. The molecule has 6 heteroatoms. The lowest BCUT2D eigenvalue weighted by Gasteiger charge is -2.06. The van der Waals surface area contributed by atoms with Crippen molar-refractivity contribution in [1.82, 2.24) is 10.2 Å². The first-order valence-corrected chi connectivity index (χ1v) is 7.52. The van der Waals surface area contributed by atoms with Crippen molar-refractivity contribution in [2.45, 2.75) is 25.7 Å². The van der Waals surface area contributed by atoms with Crippen molar-refractivity contribution in [1.29, 1.82) is 0 Å². The smallest absolute Gasteiger partial charge is 0.303 e. The van der Waals surface area contributed by atoms with Crippen LogP contribution in [0.3, 0.4) is 0 Å². The lowest BCUT2D eigenvalue weighted by atomic mass is 10.1. The fourth-order valence-electron chi connectivity index (χ4n) is 2.00. The molecular weight excluding hydrogens is 294 g/mol. The molecule has 0 bridgehead atoms. The summed E-state index contributed by atoms with van der Waals surface area (Å²) in [4.78, 5) is 15.8. The number of hydrogen-bond acceptors (Lipinski definition) is 5. The van der Waals surface area contributed by atoms with Crippen LogP contribution < -0.4 is 0 Å².